The Balaban J connectivity index is 2.58. The predicted molar refractivity (Wildman–Crippen MR) is 43.5 cm³/mol. The van der Waals surface area contributed by atoms with E-state index in [1.54, 1.807) is 19.9 Å². The van der Waals surface area contributed by atoms with Gasteiger partial charge in [0.2, 0.25) is 5.91 Å². The van der Waals surface area contributed by atoms with Crippen LogP contribution >= 0.6 is 0 Å². The lowest BCUT2D eigenvalue weighted by Gasteiger charge is -2.02. The highest BCUT2D eigenvalue weighted by Gasteiger charge is 2.09. The van der Waals surface area contributed by atoms with Gasteiger partial charge in [-0.15, -0.1) is 0 Å². The number of rotatable bonds is 2. The van der Waals surface area contributed by atoms with E-state index in [0.29, 0.717) is 11.6 Å². The molecule has 1 rings (SSSR count). The number of hydrogen-bond donors (Lipinski definition) is 2. The van der Waals surface area contributed by atoms with E-state index in [2.05, 4.69) is 10.5 Å². The predicted octanol–water partition coefficient (Wildman–Crippen LogP) is 0.269. The number of carbonyl (C=O) groups is 1. The van der Waals surface area contributed by atoms with Crippen molar-refractivity contribution in [2.75, 3.05) is 5.32 Å². The molecule has 1 aromatic heterocycles. The van der Waals surface area contributed by atoms with Crippen molar-refractivity contribution >= 4 is 11.7 Å². The van der Waals surface area contributed by atoms with Crippen LogP contribution in [0, 0.1) is 6.92 Å². The van der Waals surface area contributed by atoms with E-state index in [1.165, 1.54) is 0 Å². The van der Waals surface area contributed by atoms with Gasteiger partial charge in [-0.1, -0.05) is 5.16 Å². The van der Waals surface area contributed by atoms with Crippen LogP contribution in [0.1, 0.15) is 12.7 Å². The molecule has 3 N–H and O–H groups in total. The summed E-state index contributed by atoms with van der Waals surface area (Å²) in [5.74, 6) is 0.771. The molecule has 1 unspecified atom stereocenters. The van der Waals surface area contributed by atoms with Crippen LogP contribution in [-0.4, -0.2) is 17.1 Å². The number of anilines is 1. The van der Waals surface area contributed by atoms with Gasteiger partial charge in [0.15, 0.2) is 5.82 Å². The monoisotopic (exact) mass is 169 g/mol. The summed E-state index contributed by atoms with van der Waals surface area (Å²) in [6.45, 7) is 3.34. The molecule has 0 fully saturated rings. The Morgan fingerprint density at radius 2 is 2.50 bits per heavy atom. The minimum absolute atomic E-state index is 0.275. The summed E-state index contributed by atoms with van der Waals surface area (Å²) >= 11 is 0. The molecule has 0 saturated heterocycles. The average molecular weight is 169 g/mol. The quantitative estimate of drug-likeness (QED) is 0.665. The molecule has 66 valence electrons. The average Bonchev–Trinajstić information content (AvgIpc) is 2.35. The number of nitrogens with two attached hydrogens (primary N) is 1. The number of aryl methyl sites for hydroxylation is 1. The molecule has 1 amide bonds. The molecule has 1 atom stereocenters. The molecular formula is C7H11N3O2. The number of aromatic nitrogens is 1. The van der Waals surface area contributed by atoms with Crippen LogP contribution in [0.15, 0.2) is 10.6 Å². The van der Waals surface area contributed by atoms with Crippen LogP contribution in [0.4, 0.5) is 5.82 Å². The van der Waals surface area contributed by atoms with Crippen molar-refractivity contribution in [2.24, 2.45) is 5.73 Å². The standard InChI is InChI=1S/C7H11N3O2/c1-4-3-6(10-12-4)9-7(11)5(2)8/h3,5H,8H2,1-2H3,(H,9,10,11). The van der Waals surface area contributed by atoms with Crippen LogP contribution in [0.3, 0.4) is 0 Å². The second kappa shape index (κ2) is 3.36. The van der Waals surface area contributed by atoms with E-state index in [4.69, 9.17) is 10.3 Å². The highest BCUT2D eigenvalue weighted by molar-refractivity contribution is 5.93. The maximum absolute atomic E-state index is 11.0. The molecule has 1 aromatic rings. The highest BCUT2D eigenvalue weighted by Crippen LogP contribution is 2.06. The second-order valence-electron chi connectivity index (χ2n) is 2.60. The fourth-order valence-electron chi connectivity index (χ4n) is 0.665. The largest absolute Gasteiger partial charge is 0.360 e. The Morgan fingerprint density at radius 1 is 1.83 bits per heavy atom. The molecule has 0 spiro atoms. The fourth-order valence-corrected chi connectivity index (χ4v) is 0.665. The van der Waals surface area contributed by atoms with Crippen LogP contribution < -0.4 is 11.1 Å². The van der Waals surface area contributed by atoms with E-state index >= 15 is 0 Å². The SMILES string of the molecule is Cc1cc(NC(=O)C(C)N)no1. The molecule has 0 aliphatic heterocycles. The Kier molecular flexibility index (Phi) is 2.44. The molecule has 5 heteroatoms. The summed E-state index contributed by atoms with van der Waals surface area (Å²) < 4.78 is 4.74. The van der Waals surface area contributed by atoms with Crippen LogP contribution in [0.2, 0.25) is 0 Å². The summed E-state index contributed by atoms with van der Waals surface area (Å²) in [6.07, 6.45) is 0. The maximum Gasteiger partial charge on any atom is 0.242 e. The number of carbonyl (C=O) groups excluding carboxylic acids is 1. The molecule has 0 aromatic carbocycles. The first kappa shape index (κ1) is 8.73. The van der Waals surface area contributed by atoms with Crippen LogP contribution in [0.25, 0.3) is 0 Å². The minimum atomic E-state index is -0.540. The Morgan fingerprint density at radius 3 is 2.92 bits per heavy atom. The molecule has 0 aliphatic rings. The van der Waals surface area contributed by atoms with Gasteiger partial charge in [-0.3, -0.25) is 4.79 Å². The summed E-state index contributed by atoms with van der Waals surface area (Å²) in [7, 11) is 0. The van der Waals surface area contributed by atoms with Crippen LogP contribution in [0.5, 0.6) is 0 Å². The lowest BCUT2D eigenvalue weighted by molar-refractivity contribution is -0.117. The lowest BCUT2D eigenvalue weighted by Crippen LogP contribution is -2.32. The molecular weight excluding hydrogens is 158 g/mol. The zero-order valence-electron chi connectivity index (χ0n) is 7.00. The molecule has 0 saturated carbocycles. The third-order valence-electron chi connectivity index (χ3n) is 1.29. The summed E-state index contributed by atoms with van der Waals surface area (Å²) in [6, 6.07) is 1.09. The normalized spacial score (nSPS) is 12.6. The first-order valence-electron chi connectivity index (χ1n) is 3.59. The number of hydrogen-bond acceptors (Lipinski definition) is 4. The van der Waals surface area contributed by atoms with Gasteiger partial charge < -0.3 is 15.6 Å². The van der Waals surface area contributed by atoms with Gasteiger partial charge >= 0.3 is 0 Å². The second-order valence-corrected chi connectivity index (χ2v) is 2.60. The molecule has 12 heavy (non-hydrogen) atoms. The molecule has 0 aliphatic carbocycles. The van der Waals surface area contributed by atoms with Gasteiger partial charge in [-0.05, 0) is 13.8 Å². The first-order valence-corrected chi connectivity index (χ1v) is 3.59. The van der Waals surface area contributed by atoms with E-state index in [0.717, 1.165) is 0 Å². The van der Waals surface area contributed by atoms with Crippen molar-refractivity contribution in [2.45, 2.75) is 19.9 Å². The van der Waals surface area contributed by atoms with Crippen molar-refractivity contribution in [1.29, 1.82) is 0 Å². The number of nitrogens with one attached hydrogen (secondary N) is 1. The van der Waals surface area contributed by atoms with Crippen molar-refractivity contribution < 1.29 is 9.32 Å². The third kappa shape index (κ3) is 2.06. The van der Waals surface area contributed by atoms with E-state index in [1.807, 2.05) is 0 Å². The van der Waals surface area contributed by atoms with E-state index < -0.39 is 6.04 Å². The molecule has 0 radical (unpaired) electrons. The molecule has 0 bridgehead atoms. The van der Waals surface area contributed by atoms with Gasteiger partial charge in [0.1, 0.15) is 5.76 Å². The number of nitrogens with zero attached hydrogens (tertiary/aromatic N) is 1. The van der Waals surface area contributed by atoms with Crippen molar-refractivity contribution in [3.05, 3.63) is 11.8 Å². The summed E-state index contributed by atoms with van der Waals surface area (Å²) in [5, 5.41) is 6.07. The smallest absolute Gasteiger partial charge is 0.242 e. The van der Waals surface area contributed by atoms with Gasteiger partial charge in [0.05, 0.1) is 6.04 Å². The van der Waals surface area contributed by atoms with Crippen molar-refractivity contribution in [3.63, 3.8) is 0 Å². The number of amides is 1. The summed E-state index contributed by atoms with van der Waals surface area (Å²) in [5.41, 5.74) is 5.32. The van der Waals surface area contributed by atoms with Gasteiger partial charge in [0.25, 0.3) is 0 Å². The minimum Gasteiger partial charge on any atom is -0.360 e. The maximum atomic E-state index is 11.0. The van der Waals surface area contributed by atoms with E-state index in [-0.39, 0.29) is 5.91 Å². The van der Waals surface area contributed by atoms with Crippen molar-refractivity contribution in [1.82, 2.24) is 5.16 Å². The molecule has 5 nitrogen and oxygen atoms in total. The zero-order valence-corrected chi connectivity index (χ0v) is 7.00. The molecule has 1 heterocycles. The fraction of sp³-hybridized carbons (Fsp3) is 0.429. The van der Waals surface area contributed by atoms with Crippen LogP contribution in [-0.2, 0) is 4.79 Å². The van der Waals surface area contributed by atoms with Gasteiger partial charge in [-0.2, -0.15) is 0 Å². The van der Waals surface area contributed by atoms with Crippen molar-refractivity contribution in [3.8, 4) is 0 Å². The third-order valence-corrected chi connectivity index (χ3v) is 1.29. The Labute approximate surface area is 69.9 Å². The Bertz CT molecular complexity index is 280. The van der Waals surface area contributed by atoms with Gasteiger partial charge in [0, 0.05) is 6.07 Å². The highest BCUT2D eigenvalue weighted by atomic mass is 16.5. The van der Waals surface area contributed by atoms with E-state index in [9.17, 15) is 4.79 Å². The van der Waals surface area contributed by atoms with Gasteiger partial charge in [-0.25, -0.2) is 0 Å². The lowest BCUT2D eigenvalue weighted by atomic mass is 10.3. The first-order chi connectivity index (χ1) is 5.59. The zero-order chi connectivity index (χ0) is 9.14. The Hall–Kier alpha value is -1.36. The topological polar surface area (TPSA) is 81.2 Å². The summed E-state index contributed by atoms with van der Waals surface area (Å²) in [4.78, 5) is 11.0.